The fourth-order valence-electron chi connectivity index (χ4n) is 2.71. The van der Waals surface area contributed by atoms with Gasteiger partial charge in [-0.05, 0) is 56.4 Å². The van der Waals surface area contributed by atoms with Gasteiger partial charge in [-0.25, -0.2) is 0 Å². The van der Waals surface area contributed by atoms with Crippen molar-refractivity contribution >= 4 is 5.91 Å². The number of carbonyl (C=O) groups excluding carboxylic acids is 1. The molecule has 0 atom stereocenters. The van der Waals surface area contributed by atoms with Gasteiger partial charge in [0.15, 0.2) is 0 Å². The largest absolute Gasteiger partial charge is 0.493 e. The molecule has 0 saturated carbocycles. The highest BCUT2D eigenvalue weighted by Crippen LogP contribution is 2.19. The van der Waals surface area contributed by atoms with E-state index >= 15 is 0 Å². The third-order valence-corrected chi connectivity index (χ3v) is 3.97. The average molecular weight is 325 g/mol. The van der Waals surface area contributed by atoms with E-state index in [-0.39, 0.29) is 5.91 Å². The van der Waals surface area contributed by atoms with Gasteiger partial charge in [0, 0.05) is 12.1 Å². The molecular formula is C21H27NO2. The number of para-hydroxylation sites is 1. The molecular weight excluding hydrogens is 298 g/mol. The SMILES string of the molecule is CCCOc1ccccc1CCCNC(=O)c1ccc(C)cc1C. The lowest BCUT2D eigenvalue weighted by Gasteiger charge is -2.11. The van der Waals surface area contributed by atoms with Gasteiger partial charge < -0.3 is 10.1 Å². The highest BCUT2D eigenvalue weighted by molar-refractivity contribution is 5.95. The summed E-state index contributed by atoms with van der Waals surface area (Å²) < 4.78 is 5.77. The monoisotopic (exact) mass is 325 g/mol. The summed E-state index contributed by atoms with van der Waals surface area (Å²) in [5, 5.41) is 3.01. The lowest BCUT2D eigenvalue weighted by molar-refractivity contribution is 0.0952. The van der Waals surface area contributed by atoms with Gasteiger partial charge in [0.05, 0.1) is 6.61 Å². The standard InChI is InChI=1S/C21H27NO2/c1-4-14-24-20-10-6-5-8-18(20)9-7-13-22-21(23)19-12-11-16(2)15-17(19)3/h5-6,8,10-12,15H,4,7,9,13-14H2,1-3H3,(H,22,23). The van der Waals surface area contributed by atoms with Crippen LogP contribution in [-0.4, -0.2) is 19.1 Å². The molecule has 3 nitrogen and oxygen atoms in total. The van der Waals surface area contributed by atoms with Crippen molar-refractivity contribution in [2.24, 2.45) is 0 Å². The molecule has 0 aliphatic carbocycles. The van der Waals surface area contributed by atoms with E-state index in [2.05, 4.69) is 18.3 Å². The van der Waals surface area contributed by atoms with E-state index in [0.29, 0.717) is 6.54 Å². The van der Waals surface area contributed by atoms with Crippen LogP contribution in [0.4, 0.5) is 0 Å². The molecule has 24 heavy (non-hydrogen) atoms. The fraction of sp³-hybridized carbons (Fsp3) is 0.381. The average Bonchev–Trinajstić information content (AvgIpc) is 2.57. The molecule has 0 heterocycles. The summed E-state index contributed by atoms with van der Waals surface area (Å²) in [6, 6.07) is 14.0. The molecule has 0 spiro atoms. The Morgan fingerprint density at radius 1 is 1.12 bits per heavy atom. The molecule has 0 radical (unpaired) electrons. The Morgan fingerprint density at radius 3 is 2.67 bits per heavy atom. The zero-order valence-corrected chi connectivity index (χ0v) is 14.9. The molecule has 128 valence electrons. The van der Waals surface area contributed by atoms with Crippen molar-refractivity contribution < 1.29 is 9.53 Å². The first-order chi connectivity index (χ1) is 11.6. The first kappa shape index (κ1) is 18.1. The van der Waals surface area contributed by atoms with E-state index in [1.165, 1.54) is 11.1 Å². The molecule has 0 bridgehead atoms. The van der Waals surface area contributed by atoms with Gasteiger partial charge >= 0.3 is 0 Å². The predicted octanol–water partition coefficient (Wildman–Crippen LogP) is 4.45. The summed E-state index contributed by atoms with van der Waals surface area (Å²) in [4.78, 5) is 12.3. The molecule has 2 rings (SSSR count). The van der Waals surface area contributed by atoms with E-state index in [1.54, 1.807) is 0 Å². The Balaban J connectivity index is 1.83. The van der Waals surface area contributed by atoms with Crippen LogP contribution in [0, 0.1) is 13.8 Å². The van der Waals surface area contributed by atoms with Crippen molar-refractivity contribution in [3.8, 4) is 5.75 Å². The van der Waals surface area contributed by atoms with Crippen molar-refractivity contribution in [2.75, 3.05) is 13.2 Å². The van der Waals surface area contributed by atoms with E-state index in [1.807, 2.05) is 50.2 Å². The highest BCUT2D eigenvalue weighted by Gasteiger charge is 2.08. The third-order valence-electron chi connectivity index (χ3n) is 3.97. The second kappa shape index (κ2) is 9.11. The predicted molar refractivity (Wildman–Crippen MR) is 98.8 cm³/mol. The number of benzene rings is 2. The van der Waals surface area contributed by atoms with Crippen LogP contribution in [0.25, 0.3) is 0 Å². The highest BCUT2D eigenvalue weighted by atomic mass is 16.5. The van der Waals surface area contributed by atoms with Crippen LogP contribution in [0.5, 0.6) is 5.75 Å². The number of amides is 1. The zero-order valence-electron chi connectivity index (χ0n) is 14.9. The van der Waals surface area contributed by atoms with E-state index in [4.69, 9.17) is 4.74 Å². The van der Waals surface area contributed by atoms with Crippen LogP contribution in [0.3, 0.4) is 0 Å². The Labute approximate surface area is 145 Å². The number of rotatable bonds is 8. The Bertz CT molecular complexity index is 679. The summed E-state index contributed by atoms with van der Waals surface area (Å²) in [6.45, 7) is 7.51. The van der Waals surface area contributed by atoms with Gasteiger partial charge in [0.2, 0.25) is 0 Å². The molecule has 0 aliphatic heterocycles. The van der Waals surface area contributed by atoms with Crippen LogP contribution in [0.15, 0.2) is 42.5 Å². The van der Waals surface area contributed by atoms with Gasteiger partial charge in [0.25, 0.3) is 5.91 Å². The van der Waals surface area contributed by atoms with Crippen molar-refractivity contribution in [1.29, 1.82) is 0 Å². The molecule has 1 amide bonds. The lowest BCUT2D eigenvalue weighted by atomic mass is 10.0. The van der Waals surface area contributed by atoms with Crippen molar-refractivity contribution in [3.05, 3.63) is 64.7 Å². The molecule has 2 aromatic rings. The minimum absolute atomic E-state index is 0.00279. The topological polar surface area (TPSA) is 38.3 Å². The summed E-state index contributed by atoms with van der Waals surface area (Å²) in [7, 11) is 0. The Morgan fingerprint density at radius 2 is 1.92 bits per heavy atom. The second-order valence-electron chi connectivity index (χ2n) is 6.13. The van der Waals surface area contributed by atoms with Crippen LogP contribution in [-0.2, 0) is 6.42 Å². The van der Waals surface area contributed by atoms with E-state index in [9.17, 15) is 4.79 Å². The molecule has 0 fully saturated rings. The van der Waals surface area contributed by atoms with Crippen LogP contribution in [0.2, 0.25) is 0 Å². The molecule has 0 aliphatic rings. The number of aryl methyl sites for hydroxylation is 3. The van der Waals surface area contributed by atoms with Crippen LogP contribution >= 0.6 is 0 Å². The lowest BCUT2D eigenvalue weighted by Crippen LogP contribution is -2.25. The molecule has 2 aromatic carbocycles. The van der Waals surface area contributed by atoms with Crippen molar-refractivity contribution in [2.45, 2.75) is 40.0 Å². The fourth-order valence-corrected chi connectivity index (χ4v) is 2.71. The quantitative estimate of drug-likeness (QED) is 0.728. The first-order valence-corrected chi connectivity index (χ1v) is 8.68. The summed E-state index contributed by atoms with van der Waals surface area (Å²) >= 11 is 0. The number of nitrogens with one attached hydrogen (secondary N) is 1. The number of carbonyl (C=O) groups is 1. The maximum atomic E-state index is 12.3. The van der Waals surface area contributed by atoms with Gasteiger partial charge in [-0.3, -0.25) is 4.79 Å². The van der Waals surface area contributed by atoms with Gasteiger partial charge in [-0.15, -0.1) is 0 Å². The van der Waals surface area contributed by atoms with Crippen molar-refractivity contribution in [1.82, 2.24) is 5.32 Å². The van der Waals surface area contributed by atoms with Crippen LogP contribution in [0.1, 0.15) is 46.8 Å². The summed E-state index contributed by atoms with van der Waals surface area (Å²) in [6.07, 6.45) is 2.79. The van der Waals surface area contributed by atoms with Crippen molar-refractivity contribution in [3.63, 3.8) is 0 Å². The summed E-state index contributed by atoms with van der Waals surface area (Å²) in [5.74, 6) is 0.961. The number of hydrogen-bond donors (Lipinski definition) is 1. The maximum absolute atomic E-state index is 12.3. The first-order valence-electron chi connectivity index (χ1n) is 8.68. The number of hydrogen-bond acceptors (Lipinski definition) is 2. The third kappa shape index (κ3) is 5.12. The molecule has 0 unspecified atom stereocenters. The smallest absolute Gasteiger partial charge is 0.251 e. The van der Waals surface area contributed by atoms with E-state index in [0.717, 1.165) is 42.7 Å². The number of ether oxygens (including phenoxy) is 1. The Kier molecular flexibility index (Phi) is 6.86. The van der Waals surface area contributed by atoms with Crippen LogP contribution < -0.4 is 10.1 Å². The zero-order chi connectivity index (χ0) is 17.4. The normalized spacial score (nSPS) is 10.5. The second-order valence-corrected chi connectivity index (χ2v) is 6.13. The molecule has 1 N–H and O–H groups in total. The van der Waals surface area contributed by atoms with E-state index < -0.39 is 0 Å². The Hall–Kier alpha value is -2.29. The molecule has 3 heteroatoms. The van der Waals surface area contributed by atoms with Gasteiger partial charge in [-0.2, -0.15) is 0 Å². The summed E-state index contributed by atoms with van der Waals surface area (Å²) in [5.41, 5.74) is 4.15. The molecule has 0 aromatic heterocycles. The van der Waals surface area contributed by atoms with Gasteiger partial charge in [-0.1, -0.05) is 42.8 Å². The molecule has 0 saturated heterocycles. The minimum Gasteiger partial charge on any atom is -0.493 e. The minimum atomic E-state index is 0.00279. The van der Waals surface area contributed by atoms with Gasteiger partial charge in [0.1, 0.15) is 5.75 Å². The maximum Gasteiger partial charge on any atom is 0.251 e.